The molecule has 0 spiro atoms. The van der Waals surface area contributed by atoms with Gasteiger partial charge in [0.15, 0.2) is 9.84 Å². The molecule has 1 aliphatic heterocycles. The lowest BCUT2D eigenvalue weighted by atomic mass is 9.97. The SMILES string of the molecule is CCc1ccc2c(c1)C(NCC(O)C(Cc1cc(F)cc(F)c1)NC(=O)CN(C)C(=O)O)CS(=O)(=O)C2. The number of carboxylic acid groups (broad SMARTS) is 1. The van der Waals surface area contributed by atoms with Crippen molar-refractivity contribution in [1.82, 2.24) is 15.5 Å². The fraction of sp³-hybridized carbons (Fsp3) is 0.440. The summed E-state index contributed by atoms with van der Waals surface area (Å²) in [7, 11) is -2.19. The van der Waals surface area contributed by atoms with Crippen LogP contribution in [0, 0.1) is 11.6 Å². The summed E-state index contributed by atoms with van der Waals surface area (Å²) in [4.78, 5) is 24.2. The summed E-state index contributed by atoms with van der Waals surface area (Å²) in [5.74, 6) is -2.62. The van der Waals surface area contributed by atoms with Gasteiger partial charge in [-0.15, -0.1) is 0 Å². The number of likely N-dealkylation sites (N-methyl/N-ethyl adjacent to an activating group) is 1. The minimum atomic E-state index is -3.39. The van der Waals surface area contributed by atoms with E-state index in [1.165, 1.54) is 7.05 Å². The Kier molecular flexibility index (Phi) is 9.21. The number of nitrogens with one attached hydrogen (secondary N) is 2. The summed E-state index contributed by atoms with van der Waals surface area (Å²) in [6.45, 7) is 1.32. The Bertz CT molecular complexity index is 1240. The van der Waals surface area contributed by atoms with Crippen LogP contribution in [0.3, 0.4) is 0 Å². The third-order valence-electron chi connectivity index (χ3n) is 6.26. The fourth-order valence-corrected chi connectivity index (χ4v) is 6.00. The van der Waals surface area contributed by atoms with Crippen LogP contribution < -0.4 is 10.6 Å². The lowest BCUT2D eigenvalue weighted by molar-refractivity contribution is -0.123. The van der Waals surface area contributed by atoms with Crippen molar-refractivity contribution in [2.24, 2.45) is 0 Å². The monoisotopic (exact) mass is 539 g/mol. The number of aliphatic hydroxyl groups excluding tert-OH is 1. The van der Waals surface area contributed by atoms with Gasteiger partial charge in [0, 0.05) is 25.7 Å². The molecule has 3 atom stereocenters. The van der Waals surface area contributed by atoms with E-state index in [-0.39, 0.29) is 30.0 Å². The third-order valence-corrected chi connectivity index (χ3v) is 7.85. The van der Waals surface area contributed by atoms with Crippen molar-refractivity contribution < 1.29 is 37.0 Å². The zero-order chi connectivity index (χ0) is 27.3. The lowest BCUT2D eigenvalue weighted by Gasteiger charge is -2.30. The number of halogens is 2. The van der Waals surface area contributed by atoms with E-state index in [9.17, 15) is 31.9 Å². The number of sulfone groups is 1. The van der Waals surface area contributed by atoms with Crippen molar-refractivity contribution in [3.05, 3.63) is 70.3 Å². The summed E-state index contributed by atoms with van der Waals surface area (Å²) in [6, 6.07) is 6.79. The Labute approximate surface area is 214 Å². The van der Waals surface area contributed by atoms with E-state index in [0.717, 1.165) is 34.6 Å². The maximum Gasteiger partial charge on any atom is 0.407 e. The van der Waals surface area contributed by atoms with Crippen LogP contribution in [0.2, 0.25) is 0 Å². The van der Waals surface area contributed by atoms with Crippen molar-refractivity contribution in [2.45, 2.75) is 43.7 Å². The highest BCUT2D eigenvalue weighted by atomic mass is 32.2. The molecule has 0 bridgehead atoms. The predicted octanol–water partition coefficient (Wildman–Crippen LogP) is 1.78. The number of hydrogen-bond donors (Lipinski definition) is 4. The highest BCUT2D eigenvalue weighted by Crippen LogP contribution is 2.29. The number of benzene rings is 2. The van der Waals surface area contributed by atoms with Crippen LogP contribution in [0.4, 0.5) is 13.6 Å². The first kappa shape index (κ1) is 28.5. The number of aliphatic hydroxyl groups is 1. The summed E-state index contributed by atoms with van der Waals surface area (Å²) in [5.41, 5.74) is 2.70. The first-order valence-electron chi connectivity index (χ1n) is 11.8. The Morgan fingerprint density at radius 3 is 2.43 bits per heavy atom. The molecule has 0 radical (unpaired) electrons. The highest BCUT2D eigenvalue weighted by molar-refractivity contribution is 7.90. The van der Waals surface area contributed by atoms with Crippen LogP contribution in [0.15, 0.2) is 36.4 Å². The minimum Gasteiger partial charge on any atom is -0.465 e. The number of carbonyl (C=O) groups is 2. The van der Waals surface area contributed by atoms with Gasteiger partial charge in [-0.05, 0) is 47.2 Å². The van der Waals surface area contributed by atoms with Gasteiger partial charge in [0.1, 0.15) is 18.2 Å². The number of carbonyl (C=O) groups excluding carboxylic acids is 1. The molecule has 0 aromatic heterocycles. The summed E-state index contributed by atoms with van der Waals surface area (Å²) < 4.78 is 52.4. The predicted molar refractivity (Wildman–Crippen MR) is 133 cm³/mol. The molecule has 12 heteroatoms. The van der Waals surface area contributed by atoms with Crippen LogP contribution in [0.5, 0.6) is 0 Å². The smallest absolute Gasteiger partial charge is 0.407 e. The molecule has 0 fully saturated rings. The number of hydrogen-bond acceptors (Lipinski definition) is 6. The van der Waals surface area contributed by atoms with E-state index >= 15 is 0 Å². The zero-order valence-electron chi connectivity index (χ0n) is 20.6. The average Bonchev–Trinajstić information content (AvgIpc) is 2.80. The number of rotatable bonds is 10. The van der Waals surface area contributed by atoms with Crippen LogP contribution in [-0.2, 0) is 33.2 Å². The van der Waals surface area contributed by atoms with Crippen molar-refractivity contribution in [1.29, 1.82) is 0 Å². The molecule has 0 saturated carbocycles. The van der Waals surface area contributed by atoms with Crippen LogP contribution in [-0.4, -0.2) is 73.6 Å². The maximum absolute atomic E-state index is 13.7. The molecule has 2 aromatic carbocycles. The second kappa shape index (κ2) is 12.0. The largest absolute Gasteiger partial charge is 0.465 e. The van der Waals surface area contributed by atoms with Gasteiger partial charge in [-0.25, -0.2) is 22.0 Å². The quantitative estimate of drug-likeness (QED) is 0.361. The standard InChI is InChI=1S/C25H31F2N3O6S/c1-3-15-4-5-17-13-37(35,36)14-22(20(17)8-15)28-11-23(31)21(29-24(32)12-30(2)25(33)34)9-16-6-18(26)10-19(27)7-16/h4-8,10,21-23,28,31H,3,9,11-14H2,1-2H3,(H,29,32)(H,33,34). The first-order valence-corrected chi connectivity index (χ1v) is 13.6. The topological polar surface area (TPSA) is 136 Å². The third kappa shape index (κ3) is 7.94. The molecule has 202 valence electrons. The van der Waals surface area contributed by atoms with E-state index < -0.39 is 58.2 Å². The molecule has 3 rings (SSSR count). The molecule has 2 aromatic rings. The Morgan fingerprint density at radius 1 is 1.14 bits per heavy atom. The second-order valence-corrected chi connectivity index (χ2v) is 11.4. The lowest BCUT2D eigenvalue weighted by Crippen LogP contribution is -2.52. The van der Waals surface area contributed by atoms with Crippen molar-refractivity contribution >= 4 is 21.8 Å². The van der Waals surface area contributed by atoms with Gasteiger partial charge in [0.25, 0.3) is 0 Å². The Hall–Kier alpha value is -3.09. The highest BCUT2D eigenvalue weighted by Gasteiger charge is 2.31. The molecule has 3 unspecified atom stereocenters. The van der Waals surface area contributed by atoms with Crippen LogP contribution in [0.1, 0.15) is 35.2 Å². The maximum atomic E-state index is 13.7. The number of nitrogens with zero attached hydrogens (tertiary/aromatic N) is 1. The van der Waals surface area contributed by atoms with Gasteiger partial charge in [-0.3, -0.25) is 4.79 Å². The molecule has 4 N–H and O–H groups in total. The molecular weight excluding hydrogens is 508 g/mol. The van der Waals surface area contributed by atoms with Crippen molar-refractivity contribution in [3.8, 4) is 0 Å². The Balaban J connectivity index is 1.79. The van der Waals surface area contributed by atoms with Crippen LogP contribution in [0.25, 0.3) is 0 Å². The zero-order valence-corrected chi connectivity index (χ0v) is 21.4. The summed E-state index contributed by atoms with van der Waals surface area (Å²) >= 11 is 0. The van der Waals surface area contributed by atoms with E-state index in [2.05, 4.69) is 10.6 Å². The minimum absolute atomic E-state index is 0.0754. The molecule has 2 amide bonds. The summed E-state index contributed by atoms with van der Waals surface area (Å²) in [6.07, 6.45) is -2.02. The number of amides is 2. The molecule has 37 heavy (non-hydrogen) atoms. The number of fused-ring (bicyclic) bond motifs is 1. The molecule has 1 aliphatic rings. The summed E-state index contributed by atoms with van der Waals surface area (Å²) in [5, 5.41) is 25.6. The molecule has 9 nitrogen and oxygen atoms in total. The van der Waals surface area contributed by atoms with E-state index in [1.807, 2.05) is 19.1 Å². The normalized spacial score (nSPS) is 17.9. The molecule has 0 aliphatic carbocycles. The molecule has 0 saturated heterocycles. The van der Waals surface area contributed by atoms with Crippen molar-refractivity contribution in [3.63, 3.8) is 0 Å². The average molecular weight is 540 g/mol. The molecular formula is C25H31F2N3O6S. The van der Waals surface area contributed by atoms with Gasteiger partial charge in [0.05, 0.1) is 23.7 Å². The van der Waals surface area contributed by atoms with Crippen molar-refractivity contribution in [2.75, 3.05) is 25.9 Å². The first-order chi connectivity index (χ1) is 17.4. The van der Waals surface area contributed by atoms with Gasteiger partial charge in [-0.1, -0.05) is 25.1 Å². The van der Waals surface area contributed by atoms with Gasteiger partial charge >= 0.3 is 6.09 Å². The fourth-order valence-electron chi connectivity index (χ4n) is 4.34. The van der Waals surface area contributed by atoms with E-state index in [0.29, 0.717) is 11.6 Å². The molecule has 1 heterocycles. The van der Waals surface area contributed by atoms with Gasteiger partial charge in [0.2, 0.25) is 5.91 Å². The second-order valence-electron chi connectivity index (χ2n) is 9.26. The number of aryl methyl sites for hydroxylation is 1. The Morgan fingerprint density at radius 2 is 1.81 bits per heavy atom. The van der Waals surface area contributed by atoms with Gasteiger partial charge in [-0.2, -0.15) is 0 Å². The van der Waals surface area contributed by atoms with Gasteiger partial charge < -0.3 is 25.7 Å². The van der Waals surface area contributed by atoms with Crippen LogP contribution >= 0.6 is 0 Å². The van der Waals surface area contributed by atoms with E-state index in [1.54, 1.807) is 6.07 Å². The van der Waals surface area contributed by atoms with E-state index in [4.69, 9.17) is 5.11 Å².